The highest BCUT2D eigenvalue weighted by atomic mass is 19.1. The molecule has 112 valence electrons. The molecule has 0 atom stereocenters. The molecule has 0 amide bonds. The fourth-order valence-corrected chi connectivity index (χ4v) is 1.72. The number of nitrogens with zero attached hydrogens (tertiary/aromatic N) is 1. The molecule has 0 radical (unpaired) electrons. The van der Waals surface area contributed by atoms with E-state index in [9.17, 15) is 19.3 Å². The standard InChI is InChI=1S/C16H12FNO4/c17-15-7-2-1-5-13(15)11-22-16(19)9-8-12-4-3-6-14(10-12)18(20)21/h1-10H,11H2/b9-8+. The van der Waals surface area contributed by atoms with E-state index in [0.717, 1.165) is 6.08 Å². The number of ether oxygens (including phenoxy) is 1. The van der Waals surface area contributed by atoms with Gasteiger partial charge in [0.05, 0.1) is 4.92 Å². The van der Waals surface area contributed by atoms with Gasteiger partial charge in [-0.05, 0) is 17.7 Å². The Kier molecular flexibility index (Phi) is 4.98. The van der Waals surface area contributed by atoms with E-state index in [1.54, 1.807) is 18.2 Å². The number of carbonyl (C=O) groups excluding carboxylic acids is 1. The van der Waals surface area contributed by atoms with Gasteiger partial charge < -0.3 is 4.74 Å². The highest BCUT2D eigenvalue weighted by Gasteiger charge is 2.05. The average molecular weight is 301 g/mol. The molecular weight excluding hydrogens is 289 g/mol. The average Bonchev–Trinajstić information content (AvgIpc) is 2.52. The van der Waals surface area contributed by atoms with Gasteiger partial charge in [0.15, 0.2) is 0 Å². The third-order valence-electron chi connectivity index (χ3n) is 2.82. The normalized spacial score (nSPS) is 10.6. The second-order valence-corrected chi connectivity index (χ2v) is 4.38. The van der Waals surface area contributed by atoms with Gasteiger partial charge >= 0.3 is 5.97 Å². The fourth-order valence-electron chi connectivity index (χ4n) is 1.72. The predicted molar refractivity (Wildman–Crippen MR) is 78.3 cm³/mol. The first kappa shape index (κ1) is 15.4. The van der Waals surface area contributed by atoms with Crippen molar-refractivity contribution in [2.75, 3.05) is 0 Å². The number of carbonyl (C=O) groups is 1. The van der Waals surface area contributed by atoms with Crippen molar-refractivity contribution in [2.24, 2.45) is 0 Å². The summed E-state index contributed by atoms with van der Waals surface area (Å²) >= 11 is 0. The molecule has 0 aliphatic carbocycles. The molecule has 2 rings (SSSR count). The molecule has 2 aromatic carbocycles. The number of halogens is 1. The molecule has 0 aromatic heterocycles. The van der Waals surface area contributed by atoms with Gasteiger partial charge in [-0.15, -0.1) is 0 Å². The Balaban J connectivity index is 1.96. The van der Waals surface area contributed by atoms with E-state index in [0.29, 0.717) is 5.56 Å². The molecule has 6 heteroatoms. The molecule has 2 aromatic rings. The summed E-state index contributed by atoms with van der Waals surface area (Å²) in [5.74, 6) is -1.10. The van der Waals surface area contributed by atoms with E-state index in [-0.39, 0.29) is 17.9 Å². The number of hydrogen-bond acceptors (Lipinski definition) is 4. The SMILES string of the molecule is O=C(/C=C/c1cccc([N+](=O)[O-])c1)OCc1ccccc1F. The zero-order valence-corrected chi connectivity index (χ0v) is 11.4. The van der Waals surface area contributed by atoms with E-state index >= 15 is 0 Å². The Morgan fingerprint density at radius 2 is 2.00 bits per heavy atom. The highest BCUT2D eigenvalue weighted by molar-refractivity contribution is 5.87. The van der Waals surface area contributed by atoms with Crippen LogP contribution in [0.25, 0.3) is 6.08 Å². The molecule has 0 aliphatic rings. The zero-order chi connectivity index (χ0) is 15.9. The third-order valence-corrected chi connectivity index (χ3v) is 2.82. The van der Waals surface area contributed by atoms with E-state index in [1.807, 2.05) is 0 Å². The van der Waals surface area contributed by atoms with Crippen LogP contribution < -0.4 is 0 Å². The maximum Gasteiger partial charge on any atom is 0.331 e. The molecule has 5 nitrogen and oxygen atoms in total. The van der Waals surface area contributed by atoms with Crippen LogP contribution in [0.1, 0.15) is 11.1 Å². The molecule has 0 saturated heterocycles. The van der Waals surface area contributed by atoms with E-state index in [1.165, 1.54) is 36.4 Å². The number of nitro benzene ring substituents is 1. The molecule has 0 bridgehead atoms. The van der Waals surface area contributed by atoms with E-state index in [2.05, 4.69) is 0 Å². The summed E-state index contributed by atoms with van der Waals surface area (Å²) in [5, 5.41) is 10.6. The molecule has 0 aliphatic heterocycles. The van der Waals surface area contributed by atoms with Crippen molar-refractivity contribution in [3.8, 4) is 0 Å². The molecule has 0 unspecified atom stereocenters. The van der Waals surface area contributed by atoms with Crippen molar-refractivity contribution < 1.29 is 18.8 Å². The minimum atomic E-state index is -0.658. The fraction of sp³-hybridized carbons (Fsp3) is 0.0625. The largest absolute Gasteiger partial charge is 0.458 e. The van der Waals surface area contributed by atoms with Gasteiger partial charge in [-0.1, -0.05) is 30.3 Å². The second kappa shape index (κ2) is 7.12. The highest BCUT2D eigenvalue weighted by Crippen LogP contribution is 2.14. The van der Waals surface area contributed by atoms with Crippen LogP contribution in [-0.2, 0) is 16.1 Å². The summed E-state index contributed by atoms with van der Waals surface area (Å²) in [5.41, 5.74) is 0.707. The lowest BCUT2D eigenvalue weighted by Gasteiger charge is -2.03. The first-order valence-electron chi connectivity index (χ1n) is 6.39. The minimum absolute atomic E-state index is 0.0677. The van der Waals surface area contributed by atoms with Crippen molar-refractivity contribution in [1.82, 2.24) is 0 Å². The molecule has 0 heterocycles. The van der Waals surface area contributed by atoms with Crippen LogP contribution in [0.15, 0.2) is 54.6 Å². The van der Waals surface area contributed by atoms with Crippen molar-refractivity contribution >= 4 is 17.7 Å². The van der Waals surface area contributed by atoms with Gasteiger partial charge in [0.1, 0.15) is 12.4 Å². The first-order valence-corrected chi connectivity index (χ1v) is 6.39. The number of non-ortho nitro benzene ring substituents is 1. The summed E-state index contributed by atoms with van der Waals surface area (Å²) in [6.45, 7) is -0.176. The lowest BCUT2D eigenvalue weighted by atomic mass is 10.2. The Labute approximate surface area is 125 Å². The Morgan fingerprint density at radius 3 is 2.73 bits per heavy atom. The molecule has 0 N–H and O–H groups in total. The summed E-state index contributed by atoms with van der Waals surface area (Å²) in [4.78, 5) is 21.7. The quantitative estimate of drug-likeness (QED) is 0.367. The van der Waals surface area contributed by atoms with Gasteiger partial charge in [-0.2, -0.15) is 0 Å². The summed E-state index contributed by atoms with van der Waals surface area (Å²) in [7, 11) is 0. The van der Waals surface area contributed by atoms with Crippen LogP contribution in [0, 0.1) is 15.9 Å². The predicted octanol–water partition coefficient (Wildman–Crippen LogP) is 3.49. The van der Waals surface area contributed by atoms with Gasteiger partial charge in [0, 0.05) is 23.8 Å². The lowest BCUT2D eigenvalue weighted by Crippen LogP contribution is -2.02. The summed E-state index contributed by atoms with van der Waals surface area (Å²) in [6, 6.07) is 11.8. The minimum Gasteiger partial charge on any atom is -0.458 e. The number of esters is 1. The topological polar surface area (TPSA) is 69.4 Å². The maximum atomic E-state index is 13.3. The van der Waals surface area contributed by atoms with E-state index in [4.69, 9.17) is 4.74 Å². The van der Waals surface area contributed by atoms with Crippen molar-refractivity contribution in [3.63, 3.8) is 0 Å². The van der Waals surface area contributed by atoms with Gasteiger partial charge in [-0.25, -0.2) is 9.18 Å². The Morgan fingerprint density at radius 1 is 1.23 bits per heavy atom. The second-order valence-electron chi connectivity index (χ2n) is 4.38. The van der Waals surface area contributed by atoms with Gasteiger partial charge in [0.25, 0.3) is 5.69 Å². The Bertz CT molecular complexity index is 728. The van der Waals surface area contributed by atoms with Crippen LogP contribution in [0.3, 0.4) is 0 Å². The molecule has 0 spiro atoms. The third kappa shape index (κ3) is 4.24. The lowest BCUT2D eigenvalue weighted by molar-refractivity contribution is -0.384. The molecule has 0 saturated carbocycles. The molecule has 22 heavy (non-hydrogen) atoms. The van der Waals surface area contributed by atoms with Gasteiger partial charge in [-0.3, -0.25) is 10.1 Å². The van der Waals surface area contributed by atoms with Crippen molar-refractivity contribution in [3.05, 3.63) is 81.7 Å². The molecular formula is C16H12FNO4. The number of benzene rings is 2. The summed E-state index contributed by atoms with van der Waals surface area (Å²) in [6.07, 6.45) is 2.54. The summed E-state index contributed by atoms with van der Waals surface area (Å²) < 4.78 is 18.2. The smallest absolute Gasteiger partial charge is 0.331 e. The Hall–Kier alpha value is -3.02. The number of nitro groups is 1. The van der Waals surface area contributed by atoms with Crippen molar-refractivity contribution in [1.29, 1.82) is 0 Å². The van der Waals surface area contributed by atoms with E-state index < -0.39 is 16.7 Å². The monoisotopic (exact) mass is 301 g/mol. The van der Waals surface area contributed by atoms with Crippen LogP contribution in [0.2, 0.25) is 0 Å². The number of rotatable bonds is 5. The number of hydrogen-bond donors (Lipinski definition) is 0. The maximum absolute atomic E-state index is 13.3. The zero-order valence-electron chi connectivity index (χ0n) is 11.4. The first-order chi connectivity index (χ1) is 10.6. The van der Waals surface area contributed by atoms with Crippen LogP contribution in [0.4, 0.5) is 10.1 Å². The van der Waals surface area contributed by atoms with Crippen LogP contribution in [-0.4, -0.2) is 10.9 Å². The van der Waals surface area contributed by atoms with Crippen LogP contribution >= 0.6 is 0 Å². The molecule has 0 fully saturated rings. The van der Waals surface area contributed by atoms with Crippen LogP contribution in [0.5, 0.6) is 0 Å². The van der Waals surface area contributed by atoms with Crippen molar-refractivity contribution in [2.45, 2.75) is 6.61 Å². The van der Waals surface area contributed by atoms with Gasteiger partial charge in [0.2, 0.25) is 0 Å².